The molecule has 12 heteroatoms. The molecule has 25 heavy (non-hydrogen) atoms. The van der Waals surface area contributed by atoms with Crippen LogP contribution in [0.2, 0.25) is 0 Å². The first-order valence-electron chi connectivity index (χ1n) is 7.29. The van der Waals surface area contributed by atoms with Gasteiger partial charge in [0.2, 0.25) is 10.0 Å². The minimum absolute atomic E-state index is 0.0675. The molecule has 2 N–H and O–H groups in total. The number of anilines is 1. The Labute approximate surface area is 142 Å². The lowest BCUT2D eigenvalue weighted by atomic mass is 10.5. The van der Waals surface area contributed by atoms with Crippen molar-refractivity contribution in [2.75, 3.05) is 24.2 Å². The minimum Gasteiger partial charge on any atom is -0.367 e. The highest BCUT2D eigenvalue weighted by Gasteiger charge is 2.29. The van der Waals surface area contributed by atoms with Crippen LogP contribution in [0.4, 0.5) is 19.0 Å². The number of aromatic nitrogens is 4. The van der Waals surface area contributed by atoms with Crippen LogP contribution in [-0.4, -0.2) is 53.4 Å². The van der Waals surface area contributed by atoms with Crippen LogP contribution in [0.15, 0.2) is 24.4 Å². The summed E-state index contributed by atoms with van der Waals surface area (Å²) in [5.41, 5.74) is 0.835. The van der Waals surface area contributed by atoms with Crippen molar-refractivity contribution in [3.8, 4) is 5.82 Å². The van der Waals surface area contributed by atoms with Gasteiger partial charge in [-0.1, -0.05) is 0 Å². The second-order valence-corrected chi connectivity index (χ2v) is 7.11. The number of aryl methyl sites for hydroxylation is 1. The summed E-state index contributed by atoms with van der Waals surface area (Å²) in [5, 5.41) is 14.9. The van der Waals surface area contributed by atoms with Gasteiger partial charge in [-0.3, -0.25) is 0 Å². The number of halogens is 3. The maximum Gasteiger partial charge on any atom is 0.390 e. The van der Waals surface area contributed by atoms with Crippen LogP contribution in [0, 0.1) is 6.92 Å². The standard InChI is InChI=1S/C13H17F3N6O2S/c1-10-4-8-22(21-10)12-3-2-11(19-20-12)17-6-7-18-25(23,24)9-5-13(14,15)16/h2-4,8,18H,5-7,9H2,1H3,(H,17,19). The lowest BCUT2D eigenvalue weighted by Gasteiger charge is -2.09. The van der Waals surface area contributed by atoms with Crippen molar-refractivity contribution in [3.05, 3.63) is 30.1 Å². The Morgan fingerprint density at radius 2 is 1.92 bits per heavy atom. The highest BCUT2D eigenvalue weighted by Crippen LogP contribution is 2.19. The highest BCUT2D eigenvalue weighted by atomic mass is 32.2. The van der Waals surface area contributed by atoms with Crippen LogP contribution in [-0.2, 0) is 10.0 Å². The van der Waals surface area contributed by atoms with Crippen molar-refractivity contribution >= 4 is 15.8 Å². The average molecular weight is 378 g/mol. The van der Waals surface area contributed by atoms with Gasteiger partial charge >= 0.3 is 6.18 Å². The zero-order valence-corrected chi connectivity index (χ0v) is 14.1. The molecule has 0 atom stereocenters. The second-order valence-electron chi connectivity index (χ2n) is 5.18. The van der Waals surface area contributed by atoms with Gasteiger partial charge in [0.15, 0.2) is 5.82 Å². The molecule has 0 aliphatic carbocycles. The topological polar surface area (TPSA) is 102 Å². The van der Waals surface area contributed by atoms with Gasteiger partial charge in [-0.25, -0.2) is 17.8 Å². The molecule has 0 radical (unpaired) electrons. The Morgan fingerprint density at radius 1 is 1.16 bits per heavy atom. The van der Waals surface area contributed by atoms with E-state index >= 15 is 0 Å². The number of hydrogen-bond acceptors (Lipinski definition) is 6. The maximum atomic E-state index is 12.0. The molecule has 8 nitrogen and oxygen atoms in total. The van der Waals surface area contributed by atoms with Gasteiger partial charge in [0.25, 0.3) is 0 Å². The third kappa shape index (κ3) is 6.66. The van der Waals surface area contributed by atoms with Gasteiger partial charge in [-0.2, -0.15) is 18.3 Å². The average Bonchev–Trinajstić information content (AvgIpc) is 2.96. The van der Waals surface area contributed by atoms with Gasteiger partial charge in [0, 0.05) is 19.3 Å². The molecule has 0 saturated carbocycles. The Morgan fingerprint density at radius 3 is 2.48 bits per heavy atom. The van der Waals surface area contributed by atoms with Crippen molar-refractivity contribution < 1.29 is 21.6 Å². The van der Waals surface area contributed by atoms with Crippen molar-refractivity contribution in [2.24, 2.45) is 0 Å². The highest BCUT2D eigenvalue weighted by molar-refractivity contribution is 7.89. The molecule has 0 fully saturated rings. The number of sulfonamides is 1. The van der Waals surface area contributed by atoms with Crippen molar-refractivity contribution in [1.82, 2.24) is 24.7 Å². The lowest BCUT2D eigenvalue weighted by Crippen LogP contribution is -2.32. The van der Waals surface area contributed by atoms with Crippen LogP contribution in [0.3, 0.4) is 0 Å². The zero-order valence-electron chi connectivity index (χ0n) is 13.3. The fraction of sp³-hybridized carbons (Fsp3) is 0.462. The molecule has 0 unspecified atom stereocenters. The SMILES string of the molecule is Cc1ccn(-c2ccc(NCCNS(=O)(=O)CCC(F)(F)F)nn2)n1. The molecule has 138 valence electrons. The quantitative estimate of drug-likeness (QED) is 0.671. The van der Waals surface area contributed by atoms with Gasteiger partial charge < -0.3 is 5.32 Å². The Bertz CT molecular complexity index is 789. The van der Waals surface area contributed by atoms with Crippen LogP contribution in [0.5, 0.6) is 0 Å². The van der Waals surface area contributed by atoms with Crippen LogP contribution in [0.1, 0.15) is 12.1 Å². The second kappa shape index (κ2) is 7.78. The van der Waals surface area contributed by atoms with Gasteiger partial charge in [-0.15, -0.1) is 10.2 Å². The Kier molecular flexibility index (Phi) is 5.95. The van der Waals surface area contributed by atoms with E-state index in [4.69, 9.17) is 0 Å². The molecule has 2 aromatic rings. The maximum absolute atomic E-state index is 12.0. The molecule has 0 aliphatic rings. The Hall–Kier alpha value is -2.21. The Balaban J connectivity index is 1.76. The normalized spacial score (nSPS) is 12.3. The molecule has 0 bridgehead atoms. The van der Waals surface area contributed by atoms with E-state index in [-0.39, 0.29) is 13.1 Å². The molecular formula is C13H17F3N6O2S. The van der Waals surface area contributed by atoms with Gasteiger partial charge in [-0.05, 0) is 25.1 Å². The van der Waals surface area contributed by atoms with E-state index in [1.807, 2.05) is 13.0 Å². The minimum atomic E-state index is -4.50. The first-order valence-corrected chi connectivity index (χ1v) is 8.94. The summed E-state index contributed by atoms with van der Waals surface area (Å²) in [4.78, 5) is 0. The van der Waals surface area contributed by atoms with E-state index < -0.39 is 28.4 Å². The smallest absolute Gasteiger partial charge is 0.367 e. The summed E-state index contributed by atoms with van der Waals surface area (Å²) in [6.07, 6.45) is -4.14. The fourth-order valence-corrected chi connectivity index (χ4v) is 2.86. The van der Waals surface area contributed by atoms with Crippen molar-refractivity contribution in [2.45, 2.75) is 19.5 Å². The molecule has 0 spiro atoms. The van der Waals surface area contributed by atoms with Gasteiger partial charge in [0.05, 0.1) is 17.9 Å². The van der Waals surface area contributed by atoms with Crippen molar-refractivity contribution in [3.63, 3.8) is 0 Å². The zero-order chi connectivity index (χ0) is 18.5. The largest absolute Gasteiger partial charge is 0.390 e. The van der Waals surface area contributed by atoms with E-state index in [0.29, 0.717) is 11.6 Å². The summed E-state index contributed by atoms with van der Waals surface area (Å²) < 4.78 is 62.6. The molecule has 0 saturated heterocycles. The first kappa shape index (κ1) is 19.1. The monoisotopic (exact) mass is 378 g/mol. The van der Waals surface area contributed by atoms with Crippen molar-refractivity contribution in [1.29, 1.82) is 0 Å². The summed E-state index contributed by atoms with van der Waals surface area (Å²) >= 11 is 0. The summed E-state index contributed by atoms with van der Waals surface area (Å²) in [7, 11) is -3.97. The third-order valence-electron chi connectivity index (χ3n) is 3.01. The predicted molar refractivity (Wildman–Crippen MR) is 84.8 cm³/mol. The van der Waals surface area contributed by atoms with Crippen LogP contribution in [0.25, 0.3) is 5.82 Å². The molecule has 2 aromatic heterocycles. The summed E-state index contributed by atoms with van der Waals surface area (Å²) in [6.45, 7) is 1.93. The number of hydrogen-bond donors (Lipinski definition) is 2. The fourth-order valence-electron chi connectivity index (χ4n) is 1.80. The first-order chi connectivity index (χ1) is 11.6. The van der Waals surface area contributed by atoms with E-state index in [0.717, 1.165) is 5.69 Å². The van der Waals surface area contributed by atoms with E-state index in [1.54, 1.807) is 23.0 Å². The van der Waals surface area contributed by atoms with E-state index in [9.17, 15) is 21.6 Å². The van der Waals surface area contributed by atoms with E-state index in [2.05, 4.69) is 25.3 Å². The molecule has 2 heterocycles. The number of rotatable bonds is 8. The molecular weight excluding hydrogens is 361 g/mol. The molecule has 0 aromatic carbocycles. The van der Waals surface area contributed by atoms with Gasteiger partial charge in [0.1, 0.15) is 5.82 Å². The molecule has 0 aliphatic heterocycles. The predicted octanol–water partition coefficient (Wildman–Crippen LogP) is 1.25. The summed E-state index contributed by atoms with van der Waals surface area (Å²) in [5.74, 6) is -0.0671. The molecule has 2 rings (SSSR count). The van der Waals surface area contributed by atoms with E-state index in [1.165, 1.54) is 0 Å². The van der Waals surface area contributed by atoms with Crippen LogP contribution < -0.4 is 10.0 Å². The summed E-state index contributed by atoms with van der Waals surface area (Å²) in [6, 6.07) is 5.13. The van der Waals surface area contributed by atoms with Crippen LogP contribution >= 0.6 is 0 Å². The number of nitrogens with zero attached hydrogens (tertiary/aromatic N) is 4. The molecule has 0 amide bonds. The lowest BCUT2D eigenvalue weighted by molar-refractivity contribution is -0.129. The third-order valence-corrected chi connectivity index (χ3v) is 4.40. The number of nitrogens with one attached hydrogen (secondary N) is 2. The number of alkyl halides is 3.